The van der Waals surface area contributed by atoms with E-state index in [4.69, 9.17) is 5.73 Å². The molecule has 0 aromatic rings. The van der Waals surface area contributed by atoms with E-state index in [0.29, 0.717) is 13.0 Å². The van der Waals surface area contributed by atoms with Crippen LogP contribution in [0.2, 0.25) is 0 Å². The van der Waals surface area contributed by atoms with Crippen molar-refractivity contribution < 1.29 is 4.79 Å². The zero-order chi connectivity index (χ0) is 11.2. The van der Waals surface area contributed by atoms with Crippen LogP contribution in [0.4, 0.5) is 0 Å². The Hall–Kier alpha value is -0.570. The molecule has 1 atom stereocenters. The lowest BCUT2D eigenvalue weighted by atomic mass is 9.92. The summed E-state index contributed by atoms with van der Waals surface area (Å²) in [6.45, 7) is 8.81. The Balaban J connectivity index is 3.91. The minimum atomic E-state index is 0.0510. The molecule has 1 amide bonds. The van der Waals surface area contributed by atoms with E-state index in [1.165, 1.54) is 0 Å². The van der Waals surface area contributed by atoms with Gasteiger partial charge in [0.2, 0.25) is 5.91 Å². The summed E-state index contributed by atoms with van der Waals surface area (Å²) in [6, 6.07) is 0.148. The molecular weight excluding hydrogens is 176 g/mol. The number of carbonyl (C=O) groups excluding carboxylic acids is 1. The van der Waals surface area contributed by atoms with Crippen molar-refractivity contribution in [2.24, 2.45) is 11.1 Å². The molecule has 84 valence electrons. The molecule has 0 radical (unpaired) electrons. The van der Waals surface area contributed by atoms with E-state index in [1.807, 2.05) is 0 Å². The van der Waals surface area contributed by atoms with E-state index in [2.05, 4.69) is 33.0 Å². The summed E-state index contributed by atoms with van der Waals surface area (Å²) in [5.41, 5.74) is 5.61. The average molecular weight is 200 g/mol. The van der Waals surface area contributed by atoms with Crippen molar-refractivity contribution in [1.29, 1.82) is 0 Å². The van der Waals surface area contributed by atoms with Crippen LogP contribution in [0.15, 0.2) is 0 Å². The van der Waals surface area contributed by atoms with Crippen molar-refractivity contribution in [3.05, 3.63) is 0 Å². The average Bonchev–Trinajstić information content (AvgIpc) is 2.00. The van der Waals surface area contributed by atoms with Crippen molar-refractivity contribution in [2.75, 3.05) is 6.54 Å². The molecule has 0 heterocycles. The highest BCUT2D eigenvalue weighted by Crippen LogP contribution is 2.17. The standard InChI is InChI=1S/C11H24N2O/c1-5-6-9(8-12)13-10(14)7-11(2,3)4/h9H,5-8,12H2,1-4H3,(H,13,14). The van der Waals surface area contributed by atoms with Gasteiger partial charge in [0.1, 0.15) is 0 Å². The molecule has 3 heteroatoms. The SMILES string of the molecule is CCCC(CN)NC(=O)CC(C)(C)C. The van der Waals surface area contributed by atoms with Gasteiger partial charge in [0.25, 0.3) is 0 Å². The highest BCUT2D eigenvalue weighted by molar-refractivity contribution is 5.76. The van der Waals surface area contributed by atoms with Crippen molar-refractivity contribution in [3.63, 3.8) is 0 Å². The molecule has 0 saturated heterocycles. The minimum Gasteiger partial charge on any atom is -0.352 e. The van der Waals surface area contributed by atoms with Crippen LogP contribution in [-0.2, 0) is 4.79 Å². The van der Waals surface area contributed by atoms with Crippen LogP contribution in [-0.4, -0.2) is 18.5 Å². The maximum absolute atomic E-state index is 11.5. The number of rotatable bonds is 5. The third kappa shape index (κ3) is 6.89. The van der Waals surface area contributed by atoms with E-state index in [-0.39, 0.29) is 17.4 Å². The normalized spacial score (nSPS) is 13.8. The van der Waals surface area contributed by atoms with Crippen LogP contribution >= 0.6 is 0 Å². The molecule has 0 aliphatic carbocycles. The Morgan fingerprint density at radius 3 is 2.36 bits per heavy atom. The molecule has 14 heavy (non-hydrogen) atoms. The lowest BCUT2D eigenvalue weighted by Gasteiger charge is -2.21. The van der Waals surface area contributed by atoms with Crippen molar-refractivity contribution in [2.45, 2.75) is 53.0 Å². The molecule has 0 fully saturated rings. The molecule has 0 aromatic heterocycles. The van der Waals surface area contributed by atoms with E-state index in [0.717, 1.165) is 12.8 Å². The highest BCUT2D eigenvalue weighted by atomic mass is 16.1. The van der Waals surface area contributed by atoms with Gasteiger partial charge in [-0.25, -0.2) is 0 Å². The number of nitrogens with one attached hydrogen (secondary N) is 1. The number of amides is 1. The first-order valence-electron chi connectivity index (χ1n) is 5.38. The summed E-state index contributed by atoms with van der Waals surface area (Å²) in [5, 5.41) is 2.96. The van der Waals surface area contributed by atoms with Gasteiger partial charge in [0.15, 0.2) is 0 Å². The molecule has 1 unspecified atom stereocenters. The number of carbonyl (C=O) groups is 1. The summed E-state index contributed by atoms with van der Waals surface area (Å²) < 4.78 is 0. The number of nitrogens with two attached hydrogens (primary N) is 1. The van der Waals surface area contributed by atoms with Crippen LogP contribution in [0.25, 0.3) is 0 Å². The summed E-state index contributed by atoms with van der Waals surface area (Å²) in [5.74, 6) is 0.112. The van der Waals surface area contributed by atoms with Gasteiger partial charge in [-0.05, 0) is 11.8 Å². The molecule has 0 aliphatic heterocycles. The van der Waals surface area contributed by atoms with E-state index >= 15 is 0 Å². The maximum atomic E-state index is 11.5. The second-order valence-electron chi connectivity index (χ2n) is 5.03. The lowest BCUT2D eigenvalue weighted by molar-refractivity contribution is -0.123. The van der Waals surface area contributed by atoms with Gasteiger partial charge in [-0.2, -0.15) is 0 Å². The first-order chi connectivity index (χ1) is 6.39. The van der Waals surface area contributed by atoms with Gasteiger partial charge in [0, 0.05) is 19.0 Å². The van der Waals surface area contributed by atoms with Crippen molar-refractivity contribution >= 4 is 5.91 Å². The molecule has 3 N–H and O–H groups in total. The topological polar surface area (TPSA) is 55.1 Å². The van der Waals surface area contributed by atoms with Crippen molar-refractivity contribution in [3.8, 4) is 0 Å². The Morgan fingerprint density at radius 1 is 1.43 bits per heavy atom. The number of hydrogen-bond acceptors (Lipinski definition) is 2. The minimum absolute atomic E-state index is 0.0510. The molecular formula is C11H24N2O. The first-order valence-corrected chi connectivity index (χ1v) is 5.38. The van der Waals surface area contributed by atoms with Gasteiger partial charge < -0.3 is 11.1 Å². The quantitative estimate of drug-likeness (QED) is 0.709. The Kier molecular flexibility index (Phi) is 5.77. The molecule has 0 rings (SSSR count). The van der Waals surface area contributed by atoms with Crippen LogP contribution in [0.3, 0.4) is 0 Å². The molecule has 0 bridgehead atoms. The molecule has 0 spiro atoms. The highest BCUT2D eigenvalue weighted by Gasteiger charge is 2.17. The summed E-state index contributed by atoms with van der Waals surface area (Å²) in [7, 11) is 0. The third-order valence-corrected chi connectivity index (χ3v) is 1.98. The van der Waals surface area contributed by atoms with Gasteiger partial charge in [-0.1, -0.05) is 34.1 Å². The molecule has 3 nitrogen and oxygen atoms in total. The Bertz CT molecular complexity index is 173. The van der Waals surface area contributed by atoms with Gasteiger partial charge >= 0.3 is 0 Å². The second-order valence-corrected chi connectivity index (χ2v) is 5.03. The molecule has 0 saturated carbocycles. The van der Waals surface area contributed by atoms with E-state index in [9.17, 15) is 4.79 Å². The van der Waals surface area contributed by atoms with E-state index < -0.39 is 0 Å². The zero-order valence-electron chi connectivity index (χ0n) is 9.89. The fourth-order valence-electron chi connectivity index (χ4n) is 1.36. The second kappa shape index (κ2) is 6.02. The largest absolute Gasteiger partial charge is 0.352 e. The lowest BCUT2D eigenvalue weighted by Crippen LogP contribution is -2.41. The Labute approximate surface area is 87.4 Å². The van der Waals surface area contributed by atoms with Gasteiger partial charge in [-0.3, -0.25) is 4.79 Å². The predicted octanol–water partition coefficient (Wildman–Crippen LogP) is 1.67. The summed E-state index contributed by atoms with van der Waals surface area (Å²) >= 11 is 0. The monoisotopic (exact) mass is 200 g/mol. The van der Waals surface area contributed by atoms with Gasteiger partial charge in [0.05, 0.1) is 0 Å². The van der Waals surface area contributed by atoms with Crippen molar-refractivity contribution in [1.82, 2.24) is 5.32 Å². The molecule has 0 aromatic carbocycles. The smallest absolute Gasteiger partial charge is 0.220 e. The van der Waals surface area contributed by atoms with Crippen LogP contribution in [0, 0.1) is 5.41 Å². The van der Waals surface area contributed by atoms with E-state index in [1.54, 1.807) is 0 Å². The van der Waals surface area contributed by atoms with Crippen LogP contribution in [0.5, 0.6) is 0 Å². The maximum Gasteiger partial charge on any atom is 0.220 e. The third-order valence-electron chi connectivity index (χ3n) is 1.98. The predicted molar refractivity (Wildman–Crippen MR) is 60.0 cm³/mol. The fourth-order valence-corrected chi connectivity index (χ4v) is 1.36. The summed E-state index contributed by atoms with van der Waals surface area (Å²) in [4.78, 5) is 11.5. The summed E-state index contributed by atoms with van der Waals surface area (Å²) in [6.07, 6.45) is 2.58. The zero-order valence-corrected chi connectivity index (χ0v) is 9.89. The fraction of sp³-hybridized carbons (Fsp3) is 0.909. The molecule has 0 aliphatic rings. The Morgan fingerprint density at radius 2 is 2.00 bits per heavy atom. The van der Waals surface area contributed by atoms with Crippen LogP contribution in [0.1, 0.15) is 47.0 Å². The number of hydrogen-bond donors (Lipinski definition) is 2. The first kappa shape index (κ1) is 13.4. The van der Waals surface area contributed by atoms with Gasteiger partial charge in [-0.15, -0.1) is 0 Å². The van der Waals surface area contributed by atoms with Crippen LogP contribution < -0.4 is 11.1 Å².